The van der Waals surface area contributed by atoms with Crippen LogP contribution in [0.2, 0.25) is 0 Å². The van der Waals surface area contributed by atoms with Crippen molar-refractivity contribution in [3.63, 3.8) is 0 Å². The van der Waals surface area contributed by atoms with Gasteiger partial charge in [0.05, 0.1) is 0 Å². The lowest BCUT2D eigenvalue weighted by Crippen LogP contribution is -2.62. The van der Waals surface area contributed by atoms with E-state index >= 15 is 0 Å². The standard InChI is InChI=1S/C33H56O2/c1-21(2)22(3)11-12-23(4)25-15-19-33(10)27-13-14-28-30(6,7)29(35-24(5)34)17-18-31(28,8)26(27)16-20-32(25,33)9/h21,23,25-29H,3,11-20H2,1-2,4-10H3/t23-,25+,26-,27+,28+,29+,31-,32-,33-/m1/s1. The topological polar surface area (TPSA) is 26.3 Å². The van der Waals surface area contributed by atoms with Crippen LogP contribution in [0.25, 0.3) is 0 Å². The summed E-state index contributed by atoms with van der Waals surface area (Å²) in [6.45, 7) is 25.9. The molecular weight excluding hydrogens is 428 g/mol. The summed E-state index contributed by atoms with van der Waals surface area (Å²) in [6.07, 6.45) is 13.2. The number of fused-ring (bicyclic) bond motifs is 5. The van der Waals surface area contributed by atoms with Crippen LogP contribution >= 0.6 is 0 Å². The molecule has 0 aromatic rings. The first-order valence-electron chi connectivity index (χ1n) is 15.0. The van der Waals surface area contributed by atoms with E-state index in [2.05, 4.69) is 62.0 Å². The third-order valence-electron chi connectivity index (χ3n) is 13.2. The third-order valence-corrected chi connectivity index (χ3v) is 13.2. The van der Waals surface area contributed by atoms with Crippen molar-refractivity contribution < 1.29 is 9.53 Å². The van der Waals surface area contributed by atoms with E-state index in [4.69, 9.17) is 4.74 Å². The van der Waals surface area contributed by atoms with Crippen LogP contribution in [-0.2, 0) is 9.53 Å². The van der Waals surface area contributed by atoms with Gasteiger partial charge in [-0.25, -0.2) is 0 Å². The van der Waals surface area contributed by atoms with Gasteiger partial charge in [0.15, 0.2) is 0 Å². The SMILES string of the molecule is C=C(CC[C@@H](C)[C@@H]1CC[C@]2(C)[C@H]3CC[C@H]4C(C)(C)[C@@H](OC(C)=O)CC[C@]4(C)[C@@H]3CC[C@]12C)C(C)C. The summed E-state index contributed by atoms with van der Waals surface area (Å²) in [6, 6.07) is 0. The van der Waals surface area contributed by atoms with E-state index in [1.54, 1.807) is 6.92 Å². The third kappa shape index (κ3) is 4.16. The number of allylic oxidation sites excluding steroid dienone is 1. The number of hydrogen-bond acceptors (Lipinski definition) is 2. The van der Waals surface area contributed by atoms with Crippen molar-refractivity contribution in [3.05, 3.63) is 12.2 Å². The molecule has 4 aliphatic rings. The van der Waals surface area contributed by atoms with E-state index in [0.717, 1.165) is 30.1 Å². The first-order valence-corrected chi connectivity index (χ1v) is 15.0. The molecule has 0 radical (unpaired) electrons. The second kappa shape index (κ2) is 9.20. The molecule has 4 aliphatic carbocycles. The number of hydrogen-bond donors (Lipinski definition) is 0. The van der Waals surface area contributed by atoms with Gasteiger partial charge in [-0.2, -0.15) is 0 Å². The highest BCUT2D eigenvalue weighted by molar-refractivity contribution is 5.66. The van der Waals surface area contributed by atoms with Crippen molar-refractivity contribution in [3.8, 4) is 0 Å². The lowest BCUT2D eigenvalue weighted by atomic mass is 9.38. The van der Waals surface area contributed by atoms with Gasteiger partial charge in [-0.1, -0.05) is 67.5 Å². The van der Waals surface area contributed by atoms with Crippen molar-refractivity contribution in [1.82, 2.24) is 0 Å². The molecule has 0 aromatic carbocycles. The fraction of sp³-hybridized carbons (Fsp3) is 0.909. The highest BCUT2D eigenvalue weighted by Gasteiger charge is 2.67. The van der Waals surface area contributed by atoms with E-state index in [9.17, 15) is 4.79 Å². The Kier molecular flexibility index (Phi) is 7.16. The minimum absolute atomic E-state index is 0.0663. The monoisotopic (exact) mass is 484 g/mol. The first-order chi connectivity index (χ1) is 16.2. The van der Waals surface area contributed by atoms with Crippen LogP contribution in [0.4, 0.5) is 0 Å². The van der Waals surface area contributed by atoms with Crippen molar-refractivity contribution in [2.24, 2.45) is 57.2 Å². The lowest BCUT2D eigenvalue weighted by molar-refractivity contribution is -0.209. The summed E-state index contributed by atoms with van der Waals surface area (Å²) in [5, 5.41) is 0. The molecule has 0 unspecified atom stereocenters. The van der Waals surface area contributed by atoms with E-state index in [0.29, 0.717) is 28.1 Å². The minimum Gasteiger partial charge on any atom is -0.462 e. The molecule has 0 aromatic heterocycles. The van der Waals surface area contributed by atoms with Gasteiger partial charge in [-0.3, -0.25) is 4.79 Å². The molecule has 0 heterocycles. The Morgan fingerprint density at radius 1 is 0.886 bits per heavy atom. The maximum Gasteiger partial charge on any atom is 0.302 e. The Balaban J connectivity index is 1.54. The van der Waals surface area contributed by atoms with Gasteiger partial charge in [0, 0.05) is 12.3 Å². The maximum atomic E-state index is 11.8. The van der Waals surface area contributed by atoms with Crippen LogP contribution in [0.15, 0.2) is 12.2 Å². The van der Waals surface area contributed by atoms with Crippen LogP contribution in [0.1, 0.15) is 127 Å². The summed E-state index contributed by atoms with van der Waals surface area (Å²) < 4.78 is 5.89. The molecule has 2 heteroatoms. The molecule has 0 aliphatic heterocycles. The second-order valence-corrected chi connectivity index (χ2v) is 15.2. The Morgan fingerprint density at radius 2 is 1.54 bits per heavy atom. The maximum absolute atomic E-state index is 11.8. The predicted octanol–water partition coefficient (Wildman–Crippen LogP) is 9.23. The fourth-order valence-corrected chi connectivity index (χ4v) is 10.8. The normalized spacial score (nSPS) is 45.3. The molecule has 200 valence electrons. The van der Waals surface area contributed by atoms with Crippen LogP contribution in [0.3, 0.4) is 0 Å². The zero-order chi connectivity index (χ0) is 26.0. The number of carbonyl (C=O) groups is 1. The summed E-state index contributed by atoms with van der Waals surface area (Å²) >= 11 is 0. The highest BCUT2D eigenvalue weighted by Crippen LogP contribution is 2.74. The second-order valence-electron chi connectivity index (χ2n) is 15.2. The van der Waals surface area contributed by atoms with Gasteiger partial charge in [-0.15, -0.1) is 0 Å². The fourth-order valence-electron chi connectivity index (χ4n) is 10.8. The molecule has 0 spiro atoms. The number of rotatable bonds is 6. The quantitative estimate of drug-likeness (QED) is 0.277. The van der Waals surface area contributed by atoms with Gasteiger partial charge in [-0.05, 0) is 116 Å². The minimum atomic E-state index is -0.107. The van der Waals surface area contributed by atoms with E-state index < -0.39 is 0 Å². The van der Waals surface area contributed by atoms with Crippen molar-refractivity contribution in [1.29, 1.82) is 0 Å². The zero-order valence-corrected chi connectivity index (χ0v) is 24.6. The van der Waals surface area contributed by atoms with Crippen molar-refractivity contribution >= 4 is 5.97 Å². The van der Waals surface area contributed by atoms with Gasteiger partial charge >= 0.3 is 5.97 Å². The molecule has 0 amide bonds. The Morgan fingerprint density at radius 3 is 2.17 bits per heavy atom. The molecule has 2 nitrogen and oxygen atoms in total. The van der Waals surface area contributed by atoms with Gasteiger partial charge in [0.2, 0.25) is 0 Å². The largest absolute Gasteiger partial charge is 0.462 e. The smallest absolute Gasteiger partial charge is 0.302 e. The van der Waals surface area contributed by atoms with Gasteiger partial charge in [0.1, 0.15) is 6.10 Å². The Hall–Kier alpha value is -0.790. The average molecular weight is 485 g/mol. The Labute approximate surface area is 217 Å². The highest BCUT2D eigenvalue weighted by atomic mass is 16.5. The first kappa shape index (κ1) is 27.3. The van der Waals surface area contributed by atoms with E-state index in [1.807, 2.05) is 0 Å². The number of esters is 1. The molecule has 0 saturated heterocycles. The molecule has 4 saturated carbocycles. The van der Waals surface area contributed by atoms with Crippen molar-refractivity contribution in [2.45, 2.75) is 133 Å². The summed E-state index contributed by atoms with van der Waals surface area (Å²) in [7, 11) is 0. The Bertz CT molecular complexity index is 825. The summed E-state index contributed by atoms with van der Waals surface area (Å²) in [5.74, 6) is 4.48. The van der Waals surface area contributed by atoms with Crippen LogP contribution in [-0.4, -0.2) is 12.1 Å². The van der Waals surface area contributed by atoms with Crippen molar-refractivity contribution in [2.75, 3.05) is 0 Å². The molecule has 35 heavy (non-hydrogen) atoms. The van der Waals surface area contributed by atoms with Crippen LogP contribution < -0.4 is 0 Å². The summed E-state index contributed by atoms with van der Waals surface area (Å²) in [4.78, 5) is 11.8. The van der Waals surface area contributed by atoms with Gasteiger partial charge in [0.25, 0.3) is 0 Å². The zero-order valence-electron chi connectivity index (χ0n) is 24.6. The van der Waals surface area contributed by atoms with Crippen LogP contribution in [0.5, 0.6) is 0 Å². The van der Waals surface area contributed by atoms with E-state index in [-0.39, 0.29) is 17.5 Å². The van der Waals surface area contributed by atoms with Crippen LogP contribution in [0, 0.1) is 57.2 Å². The molecule has 4 rings (SSSR count). The predicted molar refractivity (Wildman–Crippen MR) is 147 cm³/mol. The number of carbonyl (C=O) groups excluding carboxylic acids is 1. The molecular formula is C33H56O2. The average Bonchev–Trinajstić information content (AvgIpc) is 3.05. The molecule has 9 atom stereocenters. The molecule has 4 fully saturated rings. The van der Waals surface area contributed by atoms with E-state index in [1.165, 1.54) is 63.4 Å². The number of ether oxygens (including phenoxy) is 1. The molecule has 0 N–H and O–H groups in total. The molecule has 0 bridgehead atoms. The lowest BCUT2D eigenvalue weighted by Gasteiger charge is -2.67. The summed E-state index contributed by atoms with van der Waals surface area (Å²) in [5.41, 5.74) is 2.82. The van der Waals surface area contributed by atoms with Gasteiger partial charge < -0.3 is 4.74 Å².